The van der Waals surface area contributed by atoms with Crippen LogP contribution in [-0.4, -0.2) is 18.1 Å². The lowest BCUT2D eigenvalue weighted by atomic mass is 10.2. The van der Waals surface area contributed by atoms with Crippen LogP contribution in [0.15, 0.2) is 30.3 Å². The zero-order valence-electron chi connectivity index (χ0n) is 9.42. The Balaban J connectivity index is 2.71. The van der Waals surface area contributed by atoms with Crippen molar-refractivity contribution < 1.29 is 9.90 Å². The van der Waals surface area contributed by atoms with Gasteiger partial charge in [-0.2, -0.15) is 0 Å². The van der Waals surface area contributed by atoms with E-state index in [1.807, 2.05) is 24.3 Å². The molecule has 1 aromatic carbocycles. The van der Waals surface area contributed by atoms with Crippen molar-refractivity contribution in [2.75, 3.05) is 11.9 Å². The van der Waals surface area contributed by atoms with Crippen LogP contribution in [-0.2, 0) is 4.79 Å². The molecule has 0 saturated carbocycles. The summed E-state index contributed by atoms with van der Waals surface area (Å²) in [6.07, 6.45) is 3.18. The third kappa shape index (κ3) is 4.24. The summed E-state index contributed by atoms with van der Waals surface area (Å²) in [6.45, 7) is 0. The van der Waals surface area contributed by atoms with Crippen LogP contribution in [0.3, 0.4) is 0 Å². The molecule has 0 aliphatic carbocycles. The summed E-state index contributed by atoms with van der Waals surface area (Å²) in [4.78, 5) is 11.9. The first-order valence-electron chi connectivity index (χ1n) is 5.00. The number of carbonyl (C=O) groups is 1. The van der Waals surface area contributed by atoms with Crippen LogP contribution < -0.4 is 15.7 Å². The molecular weight excluding hydrogens is 236 g/mol. The number of hydrogen-bond donors (Lipinski definition) is 1. The molecule has 0 aliphatic rings. The maximum absolute atomic E-state index is 10.2. The summed E-state index contributed by atoms with van der Waals surface area (Å²) in [6, 6.07) is 7.43. The minimum absolute atomic E-state index is 0.0887. The fraction of sp³-hybridized carbons (Fsp3) is 0.167. The SMILES string of the molecule is CN(C(N)=S)c1ccc(/C=C/CC(=O)[O-])cc1. The average molecular weight is 249 g/mol. The highest BCUT2D eigenvalue weighted by Gasteiger charge is 2.01. The second-order valence-corrected chi connectivity index (χ2v) is 3.89. The first-order valence-corrected chi connectivity index (χ1v) is 5.41. The number of carboxylic acids is 1. The van der Waals surface area contributed by atoms with Gasteiger partial charge in [-0.05, 0) is 29.9 Å². The average Bonchev–Trinajstić information content (AvgIpc) is 2.28. The van der Waals surface area contributed by atoms with Crippen LogP contribution in [0, 0.1) is 0 Å². The van der Waals surface area contributed by atoms with Crippen molar-refractivity contribution >= 4 is 35.1 Å². The summed E-state index contributed by atoms with van der Waals surface area (Å²) in [7, 11) is 1.78. The molecule has 90 valence electrons. The zero-order chi connectivity index (χ0) is 12.8. The van der Waals surface area contributed by atoms with Crippen molar-refractivity contribution in [3.63, 3.8) is 0 Å². The van der Waals surface area contributed by atoms with E-state index in [0.29, 0.717) is 5.11 Å². The quantitative estimate of drug-likeness (QED) is 0.788. The highest BCUT2D eigenvalue weighted by molar-refractivity contribution is 7.80. The molecule has 0 saturated heterocycles. The van der Waals surface area contributed by atoms with E-state index in [1.165, 1.54) is 0 Å². The molecule has 0 radical (unpaired) electrons. The Kier molecular flexibility index (Phi) is 4.66. The van der Waals surface area contributed by atoms with Gasteiger partial charge in [0, 0.05) is 25.1 Å². The molecule has 1 aromatic rings. The Labute approximate surface area is 105 Å². The topological polar surface area (TPSA) is 69.4 Å². The minimum atomic E-state index is -1.09. The number of aliphatic carboxylic acids is 1. The molecule has 0 heterocycles. The molecule has 17 heavy (non-hydrogen) atoms. The predicted octanol–water partition coefficient (Wildman–Crippen LogP) is 0.520. The van der Waals surface area contributed by atoms with E-state index in [9.17, 15) is 9.90 Å². The molecule has 0 atom stereocenters. The van der Waals surface area contributed by atoms with Crippen LogP contribution in [0.25, 0.3) is 6.08 Å². The number of benzene rings is 1. The summed E-state index contributed by atoms with van der Waals surface area (Å²) < 4.78 is 0. The lowest BCUT2D eigenvalue weighted by Gasteiger charge is -2.16. The van der Waals surface area contributed by atoms with Crippen LogP contribution in [0.2, 0.25) is 0 Å². The summed E-state index contributed by atoms with van der Waals surface area (Å²) >= 11 is 4.85. The third-order valence-electron chi connectivity index (χ3n) is 2.21. The van der Waals surface area contributed by atoms with Gasteiger partial charge in [-0.15, -0.1) is 0 Å². The Bertz CT molecular complexity index is 440. The van der Waals surface area contributed by atoms with Crippen molar-refractivity contribution in [2.45, 2.75) is 6.42 Å². The number of rotatable bonds is 4. The van der Waals surface area contributed by atoms with Crippen molar-refractivity contribution in [3.05, 3.63) is 35.9 Å². The molecule has 1 rings (SSSR count). The summed E-state index contributed by atoms with van der Waals surface area (Å²) in [5, 5.41) is 10.5. The lowest BCUT2D eigenvalue weighted by Crippen LogP contribution is -2.31. The number of carboxylic acid groups (broad SMARTS) is 1. The van der Waals surface area contributed by atoms with E-state index < -0.39 is 5.97 Å². The molecule has 2 N–H and O–H groups in total. The predicted molar refractivity (Wildman–Crippen MR) is 70.3 cm³/mol. The Hall–Kier alpha value is -1.88. The van der Waals surface area contributed by atoms with E-state index >= 15 is 0 Å². The number of thiocarbonyl (C=S) groups is 1. The van der Waals surface area contributed by atoms with Crippen LogP contribution >= 0.6 is 12.2 Å². The van der Waals surface area contributed by atoms with Crippen LogP contribution in [0.5, 0.6) is 0 Å². The molecule has 0 aliphatic heterocycles. The summed E-state index contributed by atoms with van der Waals surface area (Å²) in [5.74, 6) is -1.09. The van der Waals surface area contributed by atoms with Gasteiger partial charge in [-0.1, -0.05) is 24.3 Å². The molecule has 0 amide bonds. The minimum Gasteiger partial charge on any atom is -0.550 e. The van der Waals surface area contributed by atoms with E-state index in [-0.39, 0.29) is 6.42 Å². The fourth-order valence-electron chi connectivity index (χ4n) is 1.23. The fourth-order valence-corrected chi connectivity index (χ4v) is 1.33. The van der Waals surface area contributed by atoms with Gasteiger partial charge in [0.15, 0.2) is 5.11 Å². The largest absolute Gasteiger partial charge is 0.550 e. The standard InChI is InChI=1S/C12H14N2O2S/c1-14(12(13)17)10-7-5-9(6-8-10)3-2-4-11(15)16/h2-3,5-8H,4H2,1H3,(H2,13,17)(H,15,16)/p-1/b3-2+. The van der Waals surface area contributed by atoms with Gasteiger partial charge in [-0.25, -0.2) is 0 Å². The Morgan fingerprint density at radius 1 is 1.47 bits per heavy atom. The van der Waals surface area contributed by atoms with E-state index in [1.54, 1.807) is 24.1 Å². The number of hydrogen-bond acceptors (Lipinski definition) is 3. The first kappa shape index (κ1) is 13.2. The van der Waals surface area contributed by atoms with Gasteiger partial charge in [-0.3, -0.25) is 0 Å². The second-order valence-electron chi connectivity index (χ2n) is 3.47. The number of carbonyl (C=O) groups excluding carboxylic acids is 1. The highest BCUT2D eigenvalue weighted by Crippen LogP contribution is 2.14. The number of nitrogens with zero attached hydrogens (tertiary/aromatic N) is 1. The molecular formula is C12H13N2O2S-. The van der Waals surface area contributed by atoms with Gasteiger partial charge in [0.05, 0.1) is 0 Å². The van der Waals surface area contributed by atoms with E-state index in [4.69, 9.17) is 18.0 Å². The molecule has 0 aromatic heterocycles. The maximum atomic E-state index is 10.2. The second kappa shape index (κ2) is 6.00. The number of nitrogens with two attached hydrogens (primary N) is 1. The highest BCUT2D eigenvalue weighted by atomic mass is 32.1. The van der Waals surface area contributed by atoms with E-state index in [0.717, 1.165) is 11.3 Å². The molecule has 0 spiro atoms. The molecule has 5 heteroatoms. The van der Waals surface area contributed by atoms with Crippen molar-refractivity contribution in [1.29, 1.82) is 0 Å². The lowest BCUT2D eigenvalue weighted by molar-refractivity contribution is -0.304. The molecule has 0 fully saturated rings. The molecule has 0 unspecified atom stereocenters. The van der Waals surface area contributed by atoms with Crippen LogP contribution in [0.4, 0.5) is 5.69 Å². The normalized spacial score (nSPS) is 10.4. The van der Waals surface area contributed by atoms with Crippen molar-refractivity contribution in [3.8, 4) is 0 Å². The maximum Gasteiger partial charge on any atom is 0.170 e. The van der Waals surface area contributed by atoms with Gasteiger partial charge >= 0.3 is 0 Å². The zero-order valence-corrected chi connectivity index (χ0v) is 10.2. The van der Waals surface area contributed by atoms with Gasteiger partial charge in [0.2, 0.25) is 0 Å². The van der Waals surface area contributed by atoms with Gasteiger partial charge < -0.3 is 20.5 Å². The molecule has 4 nitrogen and oxygen atoms in total. The Morgan fingerprint density at radius 3 is 2.53 bits per heavy atom. The van der Waals surface area contributed by atoms with Crippen molar-refractivity contribution in [1.82, 2.24) is 0 Å². The number of anilines is 1. The summed E-state index contributed by atoms with van der Waals surface area (Å²) in [5.41, 5.74) is 7.28. The van der Waals surface area contributed by atoms with Gasteiger partial charge in [0.1, 0.15) is 0 Å². The van der Waals surface area contributed by atoms with Gasteiger partial charge in [0.25, 0.3) is 0 Å². The Morgan fingerprint density at radius 2 is 2.06 bits per heavy atom. The van der Waals surface area contributed by atoms with Crippen LogP contribution in [0.1, 0.15) is 12.0 Å². The monoisotopic (exact) mass is 249 g/mol. The smallest absolute Gasteiger partial charge is 0.170 e. The third-order valence-corrected chi connectivity index (χ3v) is 2.48. The molecule has 0 bridgehead atoms. The van der Waals surface area contributed by atoms with Crippen molar-refractivity contribution in [2.24, 2.45) is 5.73 Å². The first-order chi connectivity index (χ1) is 8.00. The van der Waals surface area contributed by atoms with E-state index in [2.05, 4.69) is 0 Å².